The lowest BCUT2D eigenvalue weighted by atomic mass is 10.1. The van der Waals surface area contributed by atoms with Crippen molar-refractivity contribution in [2.24, 2.45) is 0 Å². The first kappa shape index (κ1) is 14.4. The molecule has 5 nitrogen and oxygen atoms in total. The maximum Gasteiger partial charge on any atom is 0.305 e. The van der Waals surface area contributed by atoms with Gasteiger partial charge in [0, 0.05) is 26.6 Å². The third-order valence-electron chi connectivity index (χ3n) is 3.72. The van der Waals surface area contributed by atoms with E-state index in [2.05, 4.69) is 6.92 Å². The van der Waals surface area contributed by atoms with Gasteiger partial charge in [-0.15, -0.1) is 0 Å². The Balaban J connectivity index is 2.37. The Bertz CT molecular complexity index is 528. The number of rotatable bonds is 4. The molecule has 1 aliphatic rings. The first-order valence-corrected chi connectivity index (χ1v) is 6.89. The highest BCUT2D eigenvalue weighted by Gasteiger charge is 2.24. The second-order valence-corrected chi connectivity index (χ2v) is 5.01. The van der Waals surface area contributed by atoms with Gasteiger partial charge >= 0.3 is 5.97 Å². The van der Waals surface area contributed by atoms with Crippen molar-refractivity contribution in [1.82, 2.24) is 0 Å². The van der Waals surface area contributed by atoms with Gasteiger partial charge in [0.1, 0.15) is 0 Å². The molecule has 5 heteroatoms. The van der Waals surface area contributed by atoms with Gasteiger partial charge in [-0.3, -0.25) is 9.59 Å². The van der Waals surface area contributed by atoms with Crippen LogP contribution in [0, 0.1) is 0 Å². The van der Waals surface area contributed by atoms with Crippen LogP contribution in [0.1, 0.15) is 25.3 Å². The standard InChI is InChI=1S/C15H20N2O3/c1-3-11-4-5-12-13(10-11)16(2)14(18)6-8-17(12)9-7-15(19)20/h4-5,10H,3,6-9H2,1-2H3,(H,19,20). The van der Waals surface area contributed by atoms with Gasteiger partial charge < -0.3 is 14.9 Å². The van der Waals surface area contributed by atoms with Crippen LogP contribution in [0.2, 0.25) is 0 Å². The first-order valence-electron chi connectivity index (χ1n) is 6.89. The van der Waals surface area contributed by atoms with E-state index < -0.39 is 5.97 Å². The minimum atomic E-state index is -0.819. The molecule has 0 aromatic heterocycles. The summed E-state index contributed by atoms with van der Waals surface area (Å²) >= 11 is 0. The number of benzene rings is 1. The van der Waals surface area contributed by atoms with Crippen molar-refractivity contribution in [3.8, 4) is 0 Å². The predicted molar refractivity (Wildman–Crippen MR) is 78.3 cm³/mol. The Morgan fingerprint density at radius 2 is 2.10 bits per heavy atom. The van der Waals surface area contributed by atoms with E-state index in [0.717, 1.165) is 17.8 Å². The summed E-state index contributed by atoms with van der Waals surface area (Å²) in [5.41, 5.74) is 2.98. The van der Waals surface area contributed by atoms with Gasteiger partial charge in [-0.25, -0.2) is 0 Å². The van der Waals surface area contributed by atoms with E-state index in [-0.39, 0.29) is 12.3 Å². The number of aliphatic carboxylic acids is 1. The number of amides is 1. The number of carboxylic acid groups (broad SMARTS) is 1. The van der Waals surface area contributed by atoms with Crippen molar-refractivity contribution in [1.29, 1.82) is 0 Å². The van der Waals surface area contributed by atoms with Crippen molar-refractivity contribution in [3.63, 3.8) is 0 Å². The summed E-state index contributed by atoms with van der Waals surface area (Å²) < 4.78 is 0. The highest BCUT2D eigenvalue weighted by atomic mass is 16.4. The van der Waals surface area contributed by atoms with Crippen LogP contribution >= 0.6 is 0 Å². The zero-order valence-electron chi connectivity index (χ0n) is 11.9. The molecule has 0 fully saturated rings. The molecule has 0 spiro atoms. The average Bonchev–Trinajstić information content (AvgIpc) is 2.56. The van der Waals surface area contributed by atoms with Crippen LogP contribution in [0.15, 0.2) is 18.2 Å². The van der Waals surface area contributed by atoms with E-state index in [9.17, 15) is 9.59 Å². The van der Waals surface area contributed by atoms with Crippen LogP contribution in [0.3, 0.4) is 0 Å². The normalized spacial score (nSPS) is 15.0. The average molecular weight is 276 g/mol. The van der Waals surface area contributed by atoms with Gasteiger partial charge in [0.2, 0.25) is 5.91 Å². The zero-order chi connectivity index (χ0) is 14.7. The van der Waals surface area contributed by atoms with E-state index in [0.29, 0.717) is 19.5 Å². The Hall–Kier alpha value is -2.04. The molecule has 1 aliphatic heterocycles. The molecule has 0 unspecified atom stereocenters. The number of fused-ring (bicyclic) bond motifs is 1. The molecule has 0 bridgehead atoms. The zero-order valence-corrected chi connectivity index (χ0v) is 11.9. The smallest absolute Gasteiger partial charge is 0.305 e. The van der Waals surface area contributed by atoms with Gasteiger partial charge in [0.15, 0.2) is 0 Å². The van der Waals surface area contributed by atoms with Crippen LogP contribution in [-0.2, 0) is 16.0 Å². The molecule has 0 saturated carbocycles. The highest BCUT2D eigenvalue weighted by molar-refractivity contribution is 5.98. The molecule has 2 rings (SSSR count). The lowest BCUT2D eigenvalue weighted by molar-refractivity contribution is -0.136. The molecule has 0 saturated heterocycles. The van der Waals surface area contributed by atoms with Crippen molar-refractivity contribution in [2.75, 3.05) is 29.9 Å². The number of nitrogens with zero attached hydrogens (tertiary/aromatic N) is 2. The number of carboxylic acids is 1. The van der Waals surface area contributed by atoms with E-state index in [1.54, 1.807) is 11.9 Å². The number of hydrogen-bond donors (Lipinski definition) is 1. The number of carbonyl (C=O) groups is 2. The van der Waals surface area contributed by atoms with Gasteiger partial charge in [0.25, 0.3) is 0 Å². The summed E-state index contributed by atoms with van der Waals surface area (Å²) in [7, 11) is 1.78. The molecule has 108 valence electrons. The maximum absolute atomic E-state index is 12.0. The number of anilines is 2. The Morgan fingerprint density at radius 1 is 1.35 bits per heavy atom. The quantitative estimate of drug-likeness (QED) is 0.912. The third-order valence-corrected chi connectivity index (χ3v) is 3.72. The molecular weight excluding hydrogens is 256 g/mol. The summed E-state index contributed by atoms with van der Waals surface area (Å²) in [4.78, 5) is 26.5. The summed E-state index contributed by atoms with van der Waals surface area (Å²) in [6.07, 6.45) is 1.39. The van der Waals surface area contributed by atoms with Crippen LogP contribution in [0.5, 0.6) is 0 Å². The third kappa shape index (κ3) is 2.92. The van der Waals surface area contributed by atoms with Gasteiger partial charge in [0.05, 0.1) is 17.8 Å². The molecule has 1 N–H and O–H groups in total. The monoisotopic (exact) mass is 276 g/mol. The van der Waals surface area contributed by atoms with Crippen molar-refractivity contribution in [2.45, 2.75) is 26.2 Å². The molecule has 1 amide bonds. The van der Waals surface area contributed by atoms with E-state index >= 15 is 0 Å². The molecule has 1 heterocycles. The van der Waals surface area contributed by atoms with E-state index in [1.807, 2.05) is 23.1 Å². The van der Waals surface area contributed by atoms with Crippen molar-refractivity contribution < 1.29 is 14.7 Å². The number of hydrogen-bond acceptors (Lipinski definition) is 3. The minimum Gasteiger partial charge on any atom is -0.481 e. The fraction of sp³-hybridized carbons (Fsp3) is 0.467. The number of aryl methyl sites for hydroxylation is 1. The largest absolute Gasteiger partial charge is 0.481 e. The van der Waals surface area contributed by atoms with Crippen LogP contribution < -0.4 is 9.80 Å². The second kappa shape index (κ2) is 5.94. The molecule has 0 aliphatic carbocycles. The van der Waals surface area contributed by atoms with Crippen LogP contribution in [0.4, 0.5) is 11.4 Å². The Kier molecular flexibility index (Phi) is 4.27. The summed E-state index contributed by atoms with van der Waals surface area (Å²) in [6, 6.07) is 6.05. The Morgan fingerprint density at radius 3 is 2.75 bits per heavy atom. The van der Waals surface area contributed by atoms with Crippen LogP contribution in [-0.4, -0.2) is 37.1 Å². The molecule has 0 radical (unpaired) electrons. The van der Waals surface area contributed by atoms with Crippen molar-refractivity contribution in [3.05, 3.63) is 23.8 Å². The van der Waals surface area contributed by atoms with E-state index in [1.165, 1.54) is 5.56 Å². The lowest BCUT2D eigenvalue weighted by Crippen LogP contribution is -2.27. The molecular formula is C15H20N2O3. The van der Waals surface area contributed by atoms with Gasteiger partial charge in [-0.2, -0.15) is 0 Å². The topological polar surface area (TPSA) is 60.9 Å². The number of carbonyl (C=O) groups excluding carboxylic acids is 1. The predicted octanol–water partition coefficient (Wildman–Crippen LogP) is 1.90. The SMILES string of the molecule is CCc1ccc2c(c1)N(C)C(=O)CCN2CCC(=O)O. The van der Waals surface area contributed by atoms with Gasteiger partial charge in [-0.05, 0) is 24.1 Å². The molecule has 0 atom stereocenters. The summed E-state index contributed by atoms with van der Waals surface area (Å²) in [6.45, 7) is 3.06. The van der Waals surface area contributed by atoms with Crippen molar-refractivity contribution >= 4 is 23.3 Å². The highest BCUT2D eigenvalue weighted by Crippen LogP contribution is 2.33. The van der Waals surface area contributed by atoms with E-state index in [4.69, 9.17) is 5.11 Å². The fourth-order valence-corrected chi connectivity index (χ4v) is 2.44. The van der Waals surface area contributed by atoms with Gasteiger partial charge in [-0.1, -0.05) is 13.0 Å². The van der Waals surface area contributed by atoms with Crippen LogP contribution in [0.25, 0.3) is 0 Å². The Labute approximate surface area is 118 Å². The first-order chi connectivity index (χ1) is 9.52. The molecule has 20 heavy (non-hydrogen) atoms. The lowest BCUT2D eigenvalue weighted by Gasteiger charge is -2.25. The minimum absolute atomic E-state index is 0.0670. The summed E-state index contributed by atoms with van der Waals surface area (Å²) in [5, 5.41) is 8.84. The second-order valence-electron chi connectivity index (χ2n) is 5.01. The molecule has 1 aromatic rings. The maximum atomic E-state index is 12.0. The fourth-order valence-electron chi connectivity index (χ4n) is 2.44. The summed E-state index contributed by atoms with van der Waals surface area (Å²) in [5.74, 6) is -0.752. The molecule has 1 aromatic carbocycles.